The number of sulfonamides is 1. The van der Waals surface area contributed by atoms with E-state index in [-0.39, 0.29) is 12.5 Å². The third-order valence-corrected chi connectivity index (χ3v) is 7.47. The summed E-state index contributed by atoms with van der Waals surface area (Å²) >= 11 is 0. The van der Waals surface area contributed by atoms with Crippen molar-refractivity contribution < 1.29 is 18.0 Å². The molecule has 0 saturated heterocycles. The van der Waals surface area contributed by atoms with Crippen LogP contribution in [0, 0.1) is 0 Å². The van der Waals surface area contributed by atoms with E-state index in [4.69, 9.17) is 0 Å². The Morgan fingerprint density at radius 2 is 1.39 bits per heavy atom. The molecule has 202 valence electrons. The summed E-state index contributed by atoms with van der Waals surface area (Å²) in [6.07, 6.45) is 2.97. The molecule has 0 bridgehead atoms. The van der Waals surface area contributed by atoms with E-state index >= 15 is 0 Å². The Labute approximate surface area is 226 Å². The molecule has 3 rings (SSSR count). The number of hydrogen-bond donors (Lipinski definition) is 1. The Morgan fingerprint density at radius 3 is 1.92 bits per heavy atom. The van der Waals surface area contributed by atoms with Gasteiger partial charge in [-0.25, -0.2) is 8.42 Å². The number of amides is 2. The zero-order valence-corrected chi connectivity index (χ0v) is 23.2. The Morgan fingerprint density at radius 1 is 0.816 bits per heavy atom. The largest absolute Gasteiger partial charge is 0.354 e. The number of anilines is 1. The normalized spacial score (nSPS) is 12.0. The molecule has 0 aromatic heterocycles. The monoisotopic (exact) mass is 535 g/mol. The van der Waals surface area contributed by atoms with Gasteiger partial charge in [-0.05, 0) is 41.7 Å². The Bertz CT molecular complexity index is 1280. The predicted molar refractivity (Wildman–Crippen MR) is 152 cm³/mol. The van der Waals surface area contributed by atoms with Crippen molar-refractivity contribution >= 4 is 27.5 Å². The summed E-state index contributed by atoms with van der Waals surface area (Å²) in [6.45, 7) is 4.22. The highest BCUT2D eigenvalue weighted by molar-refractivity contribution is 7.92. The molecule has 0 aliphatic heterocycles. The van der Waals surface area contributed by atoms with Gasteiger partial charge in [0.25, 0.3) is 0 Å². The van der Waals surface area contributed by atoms with E-state index in [2.05, 4.69) is 5.32 Å². The minimum absolute atomic E-state index is 0.170. The van der Waals surface area contributed by atoms with E-state index in [0.29, 0.717) is 18.7 Å². The minimum Gasteiger partial charge on any atom is -0.354 e. The summed E-state index contributed by atoms with van der Waals surface area (Å²) in [6, 6.07) is 25.3. The first-order valence-corrected chi connectivity index (χ1v) is 14.8. The summed E-state index contributed by atoms with van der Waals surface area (Å²) < 4.78 is 26.7. The molecule has 1 N–H and O–H groups in total. The third-order valence-electron chi connectivity index (χ3n) is 6.33. The van der Waals surface area contributed by atoms with Gasteiger partial charge in [0.15, 0.2) is 0 Å². The van der Waals surface area contributed by atoms with Crippen molar-refractivity contribution in [1.29, 1.82) is 0 Å². The maximum atomic E-state index is 14.0. The molecule has 0 fully saturated rings. The molecule has 0 saturated carbocycles. The smallest absolute Gasteiger partial charge is 0.244 e. The first-order valence-electron chi connectivity index (χ1n) is 12.9. The zero-order chi connectivity index (χ0) is 27.5. The van der Waals surface area contributed by atoms with Crippen LogP contribution in [0.15, 0.2) is 84.9 Å². The quantitative estimate of drug-likeness (QED) is 0.356. The minimum atomic E-state index is -3.77. The van der Waals surface area contributed by atoms with Crippen molar-refractivity contribution in [2.45, 2.75) is 45.7 Å². The number of nitrogens with one attached hydrogen (secondary N) is 1. The van der Waals surface area contributed by atoms with E-state index in [0.717, 1.165) is 40.1 Å². The fraction of sp³-hybridized carbons (Fsp3) is 0.333. The molecule has 38 heavy (non-hydrogen) atoms. The van der Waals surface area contributed by atoms with Crippen LogP contribution in [-0.4, -0.2) is 50.5 Å². The van der Waals surface area contributed by atoms with Crippen LogP contribution in [0.1, 0.15) is 37.0 Å². The van der Waals surface area contributed by atoms with E-state index in [1.165, 1.54) is 4.90 Å². The number of rotatable bonds is 13. The molecule has 2 amide bonds. The van der Waals surface area contributed by atoms with Gasteiger partial charge in [0.05, 0.1) is 11.9 Å². The molecular formula is C30H37N3O4S. The second-order valence-electron chi connectivity index (χ2n) is 9.29. The second kappa shape index (κ2) is 13.8. The van der Waals surface area contributed by atoms with Crippen molar-refractivity contribution in [3.05, 3.63) is 102 Å². The average Bonchev–Trinajstić information content (AvgIpc) is 2.92. The summed E-state index contributed by atoms with van der Waals surface area (Å²) in [5, 5.41) is 2.94. The molecule has 1 atom stereocenters. The highest BCUT2D eigenvalue weighted by Gasteiger charge is 2.32. The number of carbonyl (C=O) groups is 2. The fourth-order valence-electron chi connectivity index (χ4n) is 4.21. The predicted octanol–water partition coefficient (Wildman–Crippen LogP) is 4.18. The molecule has 0 aliphatic rings. The zero-order valence-electron chi connectivity index (χ0n) is 22.3. The van der Waals surface area contributed by atoms with Gasteiger partial charge in [-0.3, -0.25) is 13.9 Å². The molecule has 8 heteroatoms. The molecule has 7 nitrogen and oxygen atoms in total. The number of carbonyl (C=O) groups excluding carboxylic acids is 2. The highest BCUT2D eigenvalue weighted by atomic mass is 32.2. The highest BCUT2D eigenvalue weighted by Crippen LogP contribution is 2.21. The lowest BCUT2D eigenvalue weighted by Crippen LogP contribution is -2.53. The molecular weight excluding hydrogens is 498 g/mol. The SMILES string of the molecule is CCCNC(=O)[C@@H](Cc1ccccc1)N(Cc1ccccc1)C(=O)CN(c1ccc(CC)cc1)S(C)(=O)=O. The van der Waals surface area contributed by atoms with Gasteiger partial charge in [0.2, 0.25) is 21.8 Å². The Kier molecular flexibility index (Phi) is 10.5. The summed E-state index contributed by atoms with van der Waals surface area (Å²) in [4.78, 5) is 28.9. The number of benzene rings is 3. The molecule has 0 aliphatic carbocycles. The van der Waals surface area contributed by atoms with Crippen LogP contribution in [-0.2, 0) is 39.0 Å². The summed E-state index contributed by atoms with van der Waals surface area (Å²) in [5.41, 5.74) is 3.23. The fourth-order valence-corrected chi connectivity index (χ4v) is 5.06. The lowest BCUT2D eigenvalue weighted by molar-refractivity contribution is -0.140. The Hall–Kier alpha value is -3.65. The summed E-state index contributed by atoms with van der Waals surface area (Å²) in [5.74, 6) is -0.718. The van der Waals surface area contributed by atoms with E-state index in [1.807, 2.05) is 86.6 Å². The second-order valence-corrected chi connectivity index (χ2v) is 11.2. The van der Waals surface area contributed by atoms with Crippen molar-refractivity contribution in [2.24, 2.45) is 0 Å². The van der Waals surface area contributed by atoms with Gasteiger partial charge in [0.1, 0.15) is 12.6 Å². The third kappa shape index (κ3) is 8.18. The van der Waals surface area contributed by atoms with E-state index < -0.39 is 28.5 Å². The van der Waals surface area contributed by atoms with Gasteiger partial charge < -0.3 is 10.2 Å². The molecule has 0 spiro atoms. The van der Waals surface area contributed by atoms with Crippen molar-refractivity contribution in [2.75, 3.05) is 23.7 Å². The topological polar surface area (TPSA) is 86.8 Å². The van der Waals surface area contributed by atoms with Crippen LogP contribution in [0.3, 0.4) is 0 Å². The van der Waals surface area contributed by atoms with E-state index in [9.17, 15) is 18.0 Å². The molecule has 0 radical (unpaired) electrons. The molecule has 3 aromatic carbocycles. The van der Waals surface area contributed by atoms with Crippen molar-refractivity contribution in [3.63, 3.8) is 0 Å². The van der Waals surface area contributed by atoms with E-state index in [1.54, 1.807) is 12.1 Å². The molecule has 3 aromatic rings. The van der Waals surface area contributed by atoms with Gasteiger partial charge >= 0.3 is 0 Å². The number of hydrogen-bond acceptors (Lipinski definition) is 4. The van der Waals surface area contributed by atoms with Crippen LogP contribution >= 0.6 is 0 Å². The lowest BCUT2D eigenvalue weighted by Gasteiger charge is -2.33. The number of nitrogens with zero attached hydrogens (tertiary/aromatic N) is 2. The lowest BCUT2D eigenvalue weighted by atomic mass is 10.0. The number of aryl methyl sites for hydroxylation is 1. The van der Waals surface area contributed by atoms with Crippen LogP contribution < -0.4 is 9.62 Å². The van der Waals surface area contributed by atoms with Crippen LogP contribution in [0.25, 0.3) is 0 Å². The van der Waals surface area contributed by atoms with Crippen LogP contribution in [0.4, 0.5) is 5.69 Å². The first kappa shape index (κ1) is 28.9. The first-order chi connectivity index (χ1) is 18.2. The van der Waals surface area contributed by atoms with Crippen LogP contribution in [0.2, 0.25) is 0 Å². The maximum Gasteiger partial charge on any atom is 0.244 e. The molecule has 0 unspecified atom stereocenters. The Balaban J connectivity index is 2.00. The molecule has 0 heterocycles. The summed E-state index contributed by atoms with van der Waals surface area (Å²) in [7, 11) is -3.77. The van der Waals surface area contributed by atoms with Gasteiger partial charge in [-0.2, -0.15) is 0 Å². The van der Waals surface area contributed by atoms with Gasteiger partial charge in [-0.15, -0.1) is 0 Å². The van der Waals surface area contributed by atoms with Crippen molar-refractivity contribution in [1.82, 2.24) is 10.2 Å². The van der Waals surface area contributed by atoms with Gasteiger partial charge in [0, 0.05) is 19.5 Å². The van der Waals surface area contributed by atoms with Crippen molar-refractivity contribution in [3.8, 4) is 0 Å². The standard InChI is InChI=1S/C30H37N3O4S/c1-4-20-31-30(35)28(21-25-12-8-6-9-13-25)32(22-26-14-10-7-11-15-26)29(34)23-33(38(3,36)37)27-18-16-24(5-2)17-19-27/h6-19,28H,4-5,20-23H2,1-3H3,(H,31,35)/t28-/m1/s1. The van der Waals surface area contributed by atoms with Crippen LogP contribution in [0.5, 0.6) is 0 Å². The maximum absolute atomic E-state index is 14.0. The average molecular weight is 536 g/mol. The van der Waals surface area contributed by atoms with Gasteiger partial charge in [-0.1, -0.05) is 86.6 Å².